The van der Waals surface area contributed by atoms with Gasteiger partial charge in [0.25, 0.3) is 11.1 Å². The van der Waals surface area contributed by atoms with E-state index in [0.29, 0.717) is 50.7 Å². The lowest BCUT2D eigenvalue weighted by atomic mass is 10.1. The van der Waals surface area contributed by atoms with Crippen molar-refractivity contribution in [2.75, 3.05) is 46.1 Å². The zero-order valence-electron chi connectivity index (χ0n) is 20.7. The Balaban J connectivity index is 1.16. The van der Waals surface area contributed by atoms with Crippen LogP contribution in [0.1, 0.15) is 25.7 Å². The number of halogens is 2. The highest BCUT2D eigenvalue weighted by molar-refractivity contribution is 9.13. The number of rotatable bonds is 13. The molecule has 2 aliphatic rings. The molecule has 0 radical (unpaired) electrons. The Hall–Kier alpha value is -2.14. The molecular formula is C24H32Br2N4O7. The molecule has 13 heteroatoms. The molecule has 0 saturated heterocycles. The van der Waals surface area contributed by atoms with E-state index in [9.17, 15) is 19.2 Å². The fourth-order valence-electron chi connectivity index (χ4n) is 4.37. The number of ether oxygens (including phenoxy) is 3. The van der Waals surface area contributed by atoms with Crippen molar-refractivity contribution in [2.45, 2.75) is 32.2 Å². The van der Waals surface area contributed by atoms with Crippen molar-refractivity contribution < 1.29 is 23.8 Å². The summed E-state index contributed by atoms with van der Waals surface area (Å²) in [4.78, 5) is 48.3. The van der Waals surface area contributed by atoms with E-state index in [1.54, 1.807) is 0 Å². The van der Waals surface area contributed by atoms with Gasteiger partial charge in [0.05, 0.1) is 33.0 Å². The summed E-state index contributed by atoms with van der Waals surface area (Å²) in [6.07, 6.45) is 3.66. The Morgan fingerprint density at radius 3 is 2.11 bits per heavy atom. The van der Waals surface area contributed by atoms with Gasteiger partial charge >= 0.3 is 6.09 Å². The lowest BCUT2D eigenvalue weighted by molar-refractivity contribution is -0.122. The van der Waals surface area contributed by atoms with Crippen LogP contribution in [0.15, 0.2) is 18.5 Å². The molecule has 1 saturated carbocycles. The van der Waals surface area contributed by atoms with E-state index in [0.717, 1.165) is 35.0 Å². The van der Waals surface area contributed by atoms with Crippen molar-refractivity contribution in [3.8, 4) is 11.8 Å². The summed E-state index contributed by atoms with van der Waals surface area (Å²) in [5, 5.41) is 5.32. The lowest BCUT2D eigenvalue weighted by Gasteiger charge is -2.13. The molecule has 3 rings (SSSR count). The smallest absolute Gasteiger partial charge is 0.407 e. The number of carbonyl (C=O) groups excluding carboxylic acids is 2. The van der Waals surface area contributed by atoms with Gasteiger partial charge in [0.15, 0.2) is 0 Å². The van der Waals surface area contributed by atoms with E-state index in [1.807, 2.05) is 0 Å². The molecule has 1 aromatic rings. The van der Waals surface area contributed by atoms with Gasteiger partial charge in [0.2, 0.25) is 5.91 Å². The molecule has 37 heavy (non-hydrogen) atoms. The second kappa shape index (κ2) is 14.7. The standard InChI is InChI=1S/C24H32Br2N4O7/c1-29-22(32)20(25)21(26)23(33)30(29)14-19(31)27-8-10-35-12-13-36-11-9-28-24(34)37-15-18-16-6-4-2-3-5-7-17(16)18/h16-18H,4-15H2,1H3,(H,27,31)(H,28,34)/t16-,17+,18?. The third kappa shape index (κ3) is 8.70. The van der Waals surface area contributed by atoms with Gasteiger partial charge in [-0.1, -0.05) is 0 Å². The van der Waals surface area contributed by atoms with Crippen molar-refractivity contribution in [1.82, 2.24) is 20.0 Å². The molecule has 0 bridgehead atoms. The fourth-order valence-corrected chi connectivity index (χ4v) is 5.17. The van der Waals surface area contributed by atoms with E-state index in [1.165, 1.54) is 7.05 Å². The predicted molar refractivity (Wildman–Crippen MR) is 142 cm³/mol. The van der Waals surface area contributed by atoms with Gasteiger partial charge in [-0.3, -0.25) is 14.4 Å². The van der Waals surface area contributed by atoms with Crippen LogP contribution < -0.4 is 21.8 Å². The first-order valence-electron chi connectivity index (χ1n) is 12.2. The Morgan fingerprint density at radius 2 is 1.49 bits per heavy atom. The zero-order valence-corrected chi connectivity index (χ0v) is 23.9. The number of nitrogens with zero attached hydrogens (tertiary/aromatic N) is 2. The van der Waals surface area contributed by atoms with E-state index >= 15 is 0 Å². The topological polar surface area (TPSA) is 130 Å². The van der Waals surface area contributed by atoms with Gasteiger partial charge in [0.1, 0.15) is 15.5 Å². The average Bonchev–Trinajstić information content (AvgIpc) is 3.52. The number of fused-ring (bicyclic) bond motifs is 1. The summed E-state index contributed by atoms with van der Waals surface area (Å²) >= 11 is 6.11. The minimum Gasteiger partial charge on any atom is -0.449 e. The Morgan fingerprint density at radius 1 is 0.919 bits per heavy atom. The zero-order chi connectivity index (χ0) is 26.8. The van der Waals surface area contributed by atoms with E-state index in [4.69, 9.17) is 14.2 Å². The van der Waals surface area contributed by atoms with Crippen molar-refractivity contribution in [3.63, 3.8) is 0 Å². The summed E-state index contributed by atoms with van der Waals surface area (Å²) in [5.41, 5.74) is -0.936. The number of hydrogen-bond donors (Lipinski definition) is 2. The van der Waals surface area contributed by atoms with Crippen LogP contribution in [0, 0.1) is 29.6 Å². The van der Waals surface area contributed by atoms with Gasteiger partial charge in [-0.25, -0.2) is 14.2 Å². The molecule has 204 valence electrons. The molecule has 2 N–H and O–H groups in total. The molecule has 1 unspecified atom stereocenters. The third-order valence-electron chi connectivity index (χ3n) is 6.45. The third-order valence-corrected chi connectivity index (χ3v) is 8.46. The average molecular weight is 648 g/mol. The van der Waals surface area contributed by atoms with Crippen LogP contribution in [0.4, 0.5) is 4.79 Å². The molecule has 0 aromatic carbocycles. The SMILES string of the molecule is Cn1c(=O)c(Br)c(Br)c(=O)n1CC(=O)NCCOCCOCCNC(=O)OCC1[C@H]2CCC#CCC[C@@H]12. The fraction of sp³-hybridized carbons (Fsp3) is 0.667. The highest BCUT2D eigenvalue weighted by Gasteiger charge is 2.49. The highest BCUT2D eigenvalue weighted by atomic mass is 79.9. The molecule has 2 amide bonds. The van der Waals surface area contributed by atoms with Crippen LogP contribution in [0.5, 0.6) is 0 Å². The number of aromatic nitrogens is 2. The van der Waals surface area contributed by atoms with Gasteiger partial charge in [-0.05, 0) is 62.5 Å². The van der Waals surface area contributed by atoms with Crippen molar-refractivity contribution in [1.29, 1.82) is 0 Å². The first-order valence-corrected chi connectivity index (χ1v) is 13.8. The highest BCUT2D eigenvalue weighted by Crippen LogP contribution is 2.52. The number of amides is 2. The van der Waals surface area contributed by atoms with Crippen LogP contribution >= 0.6 is 31.9 Å². The van der Waals surface area contributed by atoms with Crippen LogP contribution in [-0.2, 0) is 32.6 Å². The molecule has 2 aliphatic carbocycles. The minimum absolute atomic E-state index is 0.0659. The predicted octanol–water partition coefficient (Wildman–Crippen LogP) is 1.39. The second-order valence-electron chi connectivity index (χ2n) is 8.84. The molecule has 3 atom stereocenters. The van der Waals surface area contributed by atoms with Crippen LogP contribution in [0.25, 0.3) is 0 Å². The summed E-state index contributed by atoms with van der Waals surface area (Å²) in [5.74, 6) is 7.68. The monoisotopic (exact) mass is 646 g/mol. The minimum atomic E-state index is -0.498. The maximum atomic E-state index is 12.3. The summed E-state index contributed by atoms with van der Waals surface area (Å²) < 4.78 is 18.5. The van der Waals surface area contributed by atoms with Gasteiger partial charge in [-0.2, -0.15) is 0 Å². The Kier molecular flexibility index (Phi) is 11.7. The van der Waals surface area contributed by atoms with E-state index in [2.05, 4.69) is 54.3 Å². The van der Waals surface area contributed by atoms with Crippen LogP contribution in [0.2, 0.25) is 0 Å². The first kappa shape index (κ1) is 29.4. The van der Waals surface area contributed by atoms with Gasteiger partial charge < -0.3 is 24.8 Å². The summed E-state index contributed by atoms with van der Waals surface area (Å²) in [6.45, 7) is 1.99. The quantitative estimate of drug-likeness (QED) is 0.245. The maximum absolute atomic E-state index is 12.3. The van der Waals surface area contributed by atoms with Crippen LogP contribution in [-0.4, -0.2) is 67.5 Å². The number of alkyl carbamates (subject to hydrolysis) is 1. The van der Waals surface area contributed by atoms with E-state index < -0.39 is 23.1 Å². The Bertz CT molecular complexity index is 1120. The molecule has 11 nitrogen and oxygen atoms in total. The normalized spacial score (nSPS) is 20.0. The molecule has 1 fully saturated rings. The lowest BCUT2D eigenvalue weighted by Crippen LogP contribution is -2.42. The Labute approximate surface area is 231 Å². The molecular weight excluding hydrogens is 616 g/mol. The number of nitrogens with one attached hydrogen (secondary N) is 2. The first-order chi connectivity index (χ1) is 17.8. The van der Waals surface area contributed by atoms with Crippen LogP contribution in [0.3, 0.4) is 0 Å². The van der Waals surface area contributed by atoms with E-state index in [-0.39, 0.29) is 28.6 Å². The summed E-state index contributed by atoms with van der Waals surface area (Å²) in [7, 11) is 1.41. The van der Waals surface area contributed by atoms with Crippen molar-refractivity contribution in [2.24, 2.45) is 24.8 Å². The number of hydrogen-bond acceptors (Lipinski definition) is 7. The molecule has 1 heterocycles. The van der Waals surface area contributed by atoms with Gasteiger partial charge in [0, 0.05) is 33.0 Å². The molecule has 0 aliphatic heterocycles. The molecule has 1 aromatic heterocycles. The largest absolute Gasteiger partial charge is 0.449 e. The van der Waals surface area contributed by atoms with Crippen molar-refractivity contribution in [3.05, 3.63) is 29.7 Å². The van der Waals surface area contributed by atoms with Crippen molar-refractivity contribution >= 4 is 43.9 Å². The molecule has 0 spiro atoms. The van der Waals surface area contributed by atoms with Gasteiger partial charge in [-0.15, -0.1) is 11.8 Å². The maximum Gasteiger partial charge on any atom is 0.407 e. The second-order valence-corrected chi connectivity index (χ2v) is 10.4. The number of carbonyl (C=O) groups is 2. The summed E-state index contributed by atoms with van der Waals surface area (Å²) in [6, 6.07) is 0.